The van der Waals surface area contributed by atoms with E-state index in [1.165, 1.54) is 24.3 Å². The van der Waals surface area contributed by atoms with Crippen LogP contribution < -0.4 is 0 Å². The van der Waals surface area contributed by atoms with E-state index in [1.54, 1.807) is 18.2 Å². The van der Waals surface area contributed by atoms with Crippen LogP contribution in [-0.4, -0.2) is 16.7 Å². The molecule has 1 heterocycles. The van der Waals surface area contributed by atoms with E-state index in [2.05, 4.69) is 0 Å². The van der Waals surface area contributed by atoms with Gasteiger partial charge in [0.25, 0.3) is 0 Å². The molecule has 0 unspecified atom stereocenters. The number of allylic oxidation sites excluding steroid dienone is 1. The summed E-state index contributed by atoms with van der Waals surface area (Å²) in [7, 11) is 0. The van der Waals surface area contributed by atoms with Gasteiger partial charge >= 0.3 is 0 Å². The lowest BCUT2D eigenvalue weighted by Gasteiger charge is -2.08. The summed E-state index contributed by atoms with van der Waals surface area (Å²) in [5, 5.41) is 10.9. The van der Waals surface area contributed by atoms with Crippen molar-refractivity contribution in [1.82, 2.24) is 0 Å². The molecule has 30 heavy (non-hydrogen) atoms. The first-order valence-corrected chi connectivity index (χ1v) is 10.4. The monoisotopic (exact) mass is 412 g/mol. The van der Waals surface area contributed by atoms with Gasteiger partial charge in [-0.2, -0.15) is 0 Å². The number of carbonyl (C=O) groups is 2. The molecule has 0 fully saturated rings. The first-order valence-electron chi connectivity index (χ1n) is 9.59. The van der Waals surface area contributed by atoms with E-state index in [0.717, 1.165) is 32.3 Å². The molecule has 0 bridgehead atoms. The highest BCUT2D eigenvalue weighted by atomic mass is 32.1. The van der Waals surface area contributed by atoms with Crippen molar-refractivity contribution in [2.75, 3.05) is 0 Å². The van der Waals surface area contributed by atoms with E-state index in [4.69, 9.17) is 0 Å². The fourth-order valence-corrected chi connectivity index (χ4v) is 4.67. The van der Waals surface area contributed by atoms with Gasteiger partial charge in [0.15, 0.2) is 5.78 Å². The van der Waals surface area contributed by atoms with E-state index < -0.39 is 0 Å². The number of carbonyl (C=O) groups excluding carboxylic acids is 2. The average Bonchev–Trinajstić information content (AvgIpc) is 3.11. The molecule has 4 rings (SSSR count). The summed E-state index contributed by atoms with van der Waals surface area (Å²) in [5.41, 5.74) is 4.31. The molecule has 0 aliphatic carbocycles. The fourth-order valence-electron chi connectivity index (χ4n) is 3.46. The van der Waals surface area contributed by atoms with Crippen molar-refractivity contribution in [3.8, 4) is 16.9 Å². The first kappa shape index (κ1) is 19.8. The molecule has 0 saturated carbocycles. The SMILES string of the molecule is CC(=O)/C=C/c1ccc(-c2c(C(=O)c3ccccc3C)sc3cc(O)ccc23)cc1. The van der Waals surface area contributed by atoms with Gasteiger partial charge in [-0.15, -0.1) is 11.3 Å². The first-order chi connectivity index (χ1) is 14.4. The number of phenols is 1. The predicted molar refractivity (Wildman–Crippen MR) is 123 cm³/mol. The van der Waals surface area contributed by atoms with Crippen LogP contribution in [0, 0.1) is 6.92 Å². The van der Waals surface area contributed by atoms with Gasteiger partial charge in [0.1, 0.15) is 5.75 Å². The molecular weight excluding hydrogens is 392 g/mol. The summed E-state index contributed by atoms with van der Waals surface area (Å²) in [4.78, 5) is 25.3. The van der Waals surface area contributed by atoms with Crippen molar-refractivity contribution < 1.29 is 14.7 Å². The molecule has 0 aliphatic heterocycles. The van der Waals surface area contributed by atoms with Crippen LogP contribution in [0.15, 0.2) is 72.8 Å². The van der Waals surface area contributed by atoms with Crippen molar-refractivity contribution in [3.05, 3.63) is 94.4 Å². The number of phenolic OH excluding ortho intramolecular Hbond substituents is 1. The smallest absolute Gasteiger partial charge is 0.203 e. The Labute approximate surface area is 178 Å². The molecule has 0 amide bonds. The van der Waals surface area contributed by atoms with Crippen LogP contribution >= 0.6 is 11.3 Å². The third-order valence-corrected chi connectivity index (χ3v) is 6.13. The lowest BCUT2D eigenvalue weighted by atomic mass is 9.96. The average molecular weight is 413 g/mol. The molecule has 0 aliphatic rings. The maximum atomic E-state index is 13.5. The van der Waals surface area contributed by atoms with Crippen molar-refractivity contribution in [1.29, 1.82) is 0 Å². The summed E-state index contributed by atoms with van der Waals surface area (Å²) < 4.78 is 0.863. The zero-order valence-electron chi connectivity index (χ0n) is 16.7. The van der Waals surface area contributed by atoms with Gasteiger partial charge in [0, 0.05) is 21.2 Å². The third-order valence-electron chi connectivity index (χ3n) is 4.98. The summed E-state index contributed by atoms with van der Waals surface area (Å²) in [6.07, 6.45) is 3.31. The molecular formula is C26H20O3S. The van der Waals surface area contributed by atoms with Gasteiger partial charge in [-0.05, 0) is 54.8 Å². The van der Waals surface area contributed by atoms with Gasteiger partial charge in [-0.1, -0.05) is 54.6 Å². The van der Waals surface area contributed by atoms with Crippen LogP contribution in [0.3, 0.4) is 0 Å². The number of hydrogen-bond donors (Lipinski definition) is 1. The van der Waals surface area contributed by atoms with Gasteiger partial charge in [-0.25, -0.2) is 0 Å². The summed E-state index contributed by atoms with van der Waals surface area (Å²) in [5.74, 6) is 0.146. The number of thiophene rings is 1. The number of aromatic hydroxyl groups is 1. The molecule has 3 aromatic carbocycles. The summed E-state index contributed by atoms with van der Waals surface area (Å²) in [6.45, 7) is 3.45. The Balaban J connectivity index is 1.88. The van der Waals surface area contributed by atoms with E-state index in [9.17, 15) is 14.7 Å². The highest BCUT2D eigenvalue weighted by Gasteiger charge is 2.22. The second-order valence-corrected chi connectivity index (χ2v) is 8.25. The van der Waals surface area contributed by atoms with Crippen LogP contribution in [-0.2, 0) is 4.79 Å². The standard InChI is InChI=1S/C26H20O3S/c1-16-5-3-4-6-21(16)25(29)26-24(22-14-13-20(28)15-23(22)30-26)19-11-9-18(10-12-19)8-7-17(2)27/h3-15,28H,1-2H3/b8-7+. The zero-order valence-corrected chi connectivity index (χ0v) is 17.5. The number of ketones is 2. The van der Waals surface area contributed by atoms with Crippen LogP contribution in [0.25, 0.3) is 27.3 Å². The Morgan fingerprint density at radius 1 is 0.967 bits per heavy atom. The lowest BCUT2D eigenvalue weighted by Crippen LogP contribution is -2.02. The molecule has 0 atom stereocenters. The van der Waals surface area contributed by atoms with E-state index in [-0.39, 0.29) is 17.3 Å². The number of hydrogen-bond acceptors (Lipinski definition) is 4. The normalized spacial score (nSPS) is 11.3. The number of aryl methyl sites for hydroxylation is 1. The molecule has 0 radical (unpaired) electrons. The topological polar surface area (TPSA) is 54.4 Å². The second kappa shape index (κ2) is 8.09. The van der Waals surface area contributed by atoms with Crippen LogP contribution in [0.2, 0.25) is 0 Å². The molecule has 3 nitrogen and oxygen atoms in total. The van der Waals surface area contributed by atoms with Crippen molar-refractivity contribution >= 4 is 39.1 Å². The second-order valence-electron chi connectivity index (χ2n) is 7.20. The number of rotatable bonds is 5. The largest absolute Gasteiger partial charge is 0.508 e. The highest BCUT2D eigenvalue weighted by Crippen LogP contribution is 2.41. The van der Waals surface area contributed by atoms with E-state index >= 15 is 0 Å². The minimum absolute atomic E-state index is 0.00572. The third kappa shape index (κ3) is 3.82. The highest BCUT2D eigenvalue weighted by molar-refractivity contribution is 7.21. The van der Waals surface area contributed by atoms with Crippen LogP contribution in [0.4, 0.5) is 0 Å². The Morgan fingerprint density at radius 3 is 2.40 bits per heavy atom. The summed E-state index contributed by atoms with van der Waals surface area (Å²) in [6, 6.07) is 20.5. The molecule has 0 spiro atoms. The predicted octanol–water partition coefficient (Wildman–Crippen LogP) is 6.42. The Bertz CT molecular complexity index is 1290. The maximum Gasteiger partial charge on any atom is 0.203 e. The quantitative estimate of drug-likeness (QED) is 0.304. The fraction of sp³-hybridized carbons (Fsp3) is 0.0769. The van der Waals surface area contributed by atoms with E-state index in [1.807, 2.05) is 61.5 Å². The van der Waals surface area contributed by atoms with Crippen LogP contribution in [0.5, 0.6) is 5.75 Å². The van der Waals surface area contributed by atoms with E-state index in [0.29, 0.717) is 10.4 Å². The lowest BCUT2D eigenvalue weighted by molar-refractivity contribution is -0.112. The molecule has 1 N–H and O–H groups in total. The van der Waals surface area contributed by atoms with Gasteiger partial charge in [0.2, 0.25) is 5.78 Å². The van der Waals surface area contributed by atoms with Gasteiger partial charge < -0.3 is 5.11 Å². The van der Waals surface area contributed by atoms with Crippen LogP contribution in [0.1, 0.15) is 33.3 Å². The van der Waals surface area contributed by atoms with Crippen molar-refractivity contribution in [2.24, 2.45) is 0 Å². The van der Waals surface area contributed by atoms with Gasteiger partial charge in [-0.3, -0.25) is 9.59 Å². The Hall–Kier alpha value is -3.50. The Kier molecular flexibility index (Phi) is 5.34. The Morgan fingerprint density at radius 2 is 1.70 bits per heavy atom. The molecule has 4 aromatic rings. The number of benzene rings is 3. The summed E-state index contributed by atoms with van der Waals surface area (Å²) >= 11 is 1.39. The number of fused-ring (bicyclic) bond motifs is 1. The van der Waals surface area contributed by atoms with Gasteiger partial charge in [0.05, 0.1) is 4.88 Å². The molecule has 148 valence electrons. The minimum atomic E-state index is -0.0238. The van der Waals surface area contributed by atoms with Crippen molar-refractivity contribution in [3.63, 3.8) is 0 Å². The zero-order chi connectivity index (χ0) is 21.3. The minimum Gasteiger partial charge on any atom is -0.508 e. The molecule has 1 aromatic heterocycles. The van der Waals surface area contributed by atoms with Crippen molar-refractivity contribution in [2.45, 2.75) is 13.8 Å². The molecule has 4 heteroatoms. The maximum absolute atomic E-state index is 13.5. The molecule has 0 saturated heterocycles.